The number of benzene rings is 1. The zero-order valence-electron chi connectivity index (χ0n) is 18.7. The van der Waals surface area contributed by atoms with Gasteiger partial charge in [-0.05, 0) is 68.5 Å². The molecule has 0 saturated carbocycles. The predicted octanol–water partition coefficient (Wildman–Crippen LogP) is 3.37. The van der Waals surface area contributed by atoms with E-state index in [0.29, 0.717) is 24.0 Å². The molecule has 3 fully saturated rings. The lowest BCUT2D eigenvalue weighted by Crippen LogP contribution is -2.60. The van der Waals surface area contributed by atoms with Crippen LogP contribution in [0.4, 0.5) is 5.69 Å². The van der Waals surface area contributed by atoms with Crippen LogP contribution in [-0.2, 0) is 16.0 Å². The summed E-state index contributed by atoms with van der Waals surface area (Å²) < 4.78 is 5.92. The SMILES string of the molecule is O=C1CCc2ccc(OCC(=O)N3CCCC4=C[C@H]5C[C@H](CN6CCCC[C@@H]56)[C@H]43)cc2N1. The monoisotopic (exact) mass is 435 g/mol. The van der Waals surface area contributed by atoms with Crippen molar-refractivity contribution in [2.75, 3.05) is 31.6 Å². The first kappa shape index (κ1) is 20.3. The topological polar surface area (TPSA) is 61.9 Å². The first-order valence-electron chi connectivity index (χ1n) is 12.5. The van der Waals surface area contributed by atoms with E-state index < -0.39 is 0 Å². The largest absolute Gasteiger partial charge is 0.484 e. The molecule has 2 bridgehead atoms. The Bertz CT molecular complexity index is 958. The van der Waals surface area contributed by atoms with Crippen molar-refractivity contribution in [2.24, 2.45) is 11.8 Å². The van der Waals surface area contributed by atoms with Crippen LogP contribution in [0, 0.1) is 11.8 Å². The quantitative estimate of drug-likeness (QED) is 0.740. The number of likely N-dealkylation sites (tertiary alicyclic amines) is 1. The molecule has 6 rings (SSSR count). The highest BCUT2D eigenvalue weighted by Crippen LogP contribution is 2.45. The molecule has 1 aromatic rings. The summed E-state index contributed by atoms with van der Waals surface area (Å²) in [6.07, 6.45) is 11.3. The van der Waals surface area contributed by atoms with Gasteiger partial charge in [0.05, 0.1) is 6.04 Å². The average Bonchev–Trinajstić information content (AvgIpc) is 2.82. The van der Waals surface area contributed by atoms with E-state index in [0.717, 1.165) is 49.6 Å². The molecular formula is C26H33N3O3. The number of piperidine rings is 3. The van der Waals surface area contributed by atoms with Gasteiger partial charge in [-0.1, -0.05) is 24.1 Å². The van der Waals surface area contributed by atoms with Gasteiger partial charge in [-0.25, -0.2) is 0 Å². The van der Waals surface area contributed by atoms with E-state index in [4.69, 9.17) is 4.74 Å². The number of ether oxygens (including phenoxy) is 1. The fraction of sp³-hybridized carbons (Fsp3) is 0.615. The number of hydrogen-bond acceptors (Lipinski definition) is 4. The Morgan fingerprint density at radius 1 is 1.12 bits per heavy atom. The van der Waals surface area contributed by atoms with Crippen molar-refractivity contribution < 1.29 is 14.3 Å². The van der Waals surface area contributed by atoms with E-state index >= 15 is 0 Å². The zero-order valence-corrected chi connectivity index (χ0v) is 18.7. The van der Waals surface area contributed by atoms with Crippen LogP contribution < -0.4 is 10.1 Å². The van der Waals surface area contributed by atoms with Gasteiger partial charge in [0.1, 0.15) is 5.75 Å². The van der Waals surface area contributed by atoms with E-state index in [2.05, 4.69) is 21.2 Å². The van der Waals surface area contributed by atoms with Gasteiger partial charge in [-0.15, -0.1) is 0 Å². The Kier molecular flexibility index (Phi) is 5.21. The standard InChI is InChI=1S/C26H33N3O3/c30-24-9-7-17-6-8-21(14-22(17)27-24)32-16-25(31)29-11-3-4-18-12-19-13-20(26(18)29)15-28-10-2-1-5-23(19)28/h6,8,12,14,19-20,23,26H,1-5,7,9-11,13,15-16H2,(H,27,30)/t19-,20+,23-,26-/m0/s1. The highest BCUT2D eigenvalue weighted by Gasteiger charge is 2.46. The van der Waals surface area contributed by atoms with E-state index in [1.807, 2.05) is 18.2 Å². The molecule has 5 aliphatic rings. The fourth-order valence-electron chi connectivity index (χ4n) is 6.92. The van der Waals surface area contributed by atoms with E-state index in [9.17, 15) is 9.59 Å². The van der Waals surface area contributed by atoms with Gasteiger partial charge in [0.2, 0.25) is 5.91 Å². The molecular weight excluding hydrogens is 402 g/mol. The summed E-state index contributed by atoms with van der Waals surface area (Å²) in [5, 5.41) is 2.91. The number of rotatable bonds is 3. The molecule has 6 nitrogen and oxygen atoms in total. The normalized spacial score (nSPS) is 31.6. The summed E-state index contributed by atoms with van der Waals surface area (Å²) in [5.41, 5.74) is 3.44. The number of nitrogens with one attached hydrogen (secondary N) is 1. The number of carbonyl (C=O) groups is 2. The summed E-state index contributed by atoms with van der Waals surface area (Å²) in [5.74, 6) is 2.00. The van der Waals surface area contributed by atoms with Crippen LogP contribution in [-0.4, -0.2) is 59.9 Å². The summed E-state index contributed by atoms with van der Waals surface area (Å²) in [6, 6.07) is 6.74. The molecule has 1 aliphatic carbocycles. The smallest absolute Gasteiger partial charge is 0.261 e. The number of carbonyl (C=O) groups excluding carboxylic acids is 2. The van der Waals surface area contributed by atoms with Crippen LogP contribution in [0.2, 0.25) is 0 Å². The molecule has 0 aromatic heterocycles. The molecule has 3 saturated heterocycles. The Labute approximate surface area is 190 Å². The van der Waals surface area contributed by atoms with Gasteiger partial charge in [0.25, 0.3) is 5.91 Å². The molecule has 4 heterocycles. The predicted molar refractivity (Wildman–Crippen MR) is 123 cm³/mol. The second kappa shape index (κ2) is 8.22. The van der Waals surface area contributed by atoms with Crippen molar-refractivity contribution in [3.05, 3.63) is 35.4 Å². The third-order valence-electron chi connectivity index (χ3n) is 8.32. The van der Waals surface area contributed by atoms with Crippen molar-refractivity contribution in [3.8, 4) is 5.75 Å². The molecule has 32 heavy (non-hydrogen) atoms. The van der Waals surface area contributed by atoms with Gasteiger partial charge < -0.3 is 15.0 Å². The average molecular weight is 436 g/mol. The fourth-order valence-corrected chi connectivity index (χ4v) is 6.92. The molecule has 4 aliphatic heterocycles. The van der Waals surface area contributed by atoms with E-state index in [1.54, 1.807) is 0 Å². The lowest BCUT2D eigenvalue weighted by Gasteiger charge is -2.54. The molecule has 1 aromatic carbocycles. The van der Waals surface area contributed by atoms with Crippen LogP contribution in [0.3, 0.4) is 0 Å². The van der Waals surface area contributed by atoms with Crippen LogP contribution in [0.5, 0.6) is 5.75 Å². The third-order valence-corrected chi connectivity index (χ3v) is 8.32. The Morgan fingerprint density at radius 2 is 2.06 bits per heavy atom. The van der Waals surface area contributed by atoms with Crippen molar-refractivity contribution in [3.63, 3.8) is 0 Å². The first-order chi connectivity index (χ1) is 15.7. The maximum absolute atomic E-state index is 13.3. The molecule has 6 heteroatoms. The highest BCUT2D eigenvalue weighted by molar-refractivity contribution is 5.94. The maximum atomic E-state index is 13.3. The van der Waals surface area contributed by atoms with Gasteiger partial charge in [0.15, 0.2) is 6.61 Å². The van der Waals surface area contributed by atoms with Crippen molar-refractivity contribution >= 4 is 17.5 Å². The number of hydrogen-bond donors (Lipinski definition) is 1. The minimum Gasteiger partial charge on any atom is -0.484 e. The molecule has 0 unspecified atom stereocenters. The number of amides is 2. The van der Waals surface area contributed by atoms with E-state index in [1.165, 1.54) is 37.8 Å². The number of aryl methyl sites for hydroxylation is 1. The Balaban J connectivity index is 1.16. The Morgan fingerprint density at radius 3 is 3.00 bits per heavy atom. The molecule has 0 radical (unpaired) electrons. The van der Waals surface area contributed by atoms with Gasteiger partial charge in [0, 0.05) is 37.3 Å². The van der Waals surface area contributed by atoms with Crippen LogP contribution in [0.1, 0.15) is 50.5 Å². The number of fused-ring (bicyclic) bond motifs is 7. The molecule has 170 valence electrons. The Hall–Kier alpha value is -2.34. The molecule has 1 N–H and O–H groups in total. The van der Waals surface area contributed by atoms with Crippen LogP contribution >= 0.6 is 0 Å². The third kappa shape index (κ3) is 3.62. The van der Waals surface area contributed by atoms with Gasteiger partial charge in [-0.2, -0.15) is 0 Å². The van der Waals surface area contributed by atoms with Gasteiger partial charge in [-0.3, -0.25) is 14.5 Å². The molecule has 0 spiro atoms. The summed E-state index contributed by atoms with van der Waals surface area (Å²) >= 11 is 0. The maximum Gasteiger partial charge on any atom is 0.261 e. The van der Waals surface area contributed by atoms with Crippen molar-refractivity contribution in [1.29, 1.82) is 0 Å². The second-order valence-corrected chi connectivity index (χ2v) is 10.3. The second-order valence-electron chi connectivity index (χ2n) is 10.3. The van der Waals surface area contributed by atoms with Crippen LogP contribution in [0.15, 0.2) is 29.8 Å². The minimum atomic E-state index is 0.0392. The first-order valence-corrected chi connectivity index (χ1v) is 12.5. The summed E-state index contributed by atoms with van der Waals surface area (Å²) in [6.45, 7) is 3.24. The lowest BCUT2D eigenvalue weighted by molar-refractivity contribution is -0.138. The van der Waals surface area contributed by atoms with E-state index in [-0.39, 0.29) is 24.5 Å². The van der Waals surface area contributed by atoms with Crippen molar-refractivity contribution in [1.82, 2.24) is 9.80 Å². The summed E-state index contributed by atoms with van der Waals surface area (Å²) in [7, 11) is 0. The lowest BCUT2D eigenvalue weighted by atomic mass is 9.68. The molecule has 2 amide bonds. The van der Waals surface area contributed by atoms with Gasteiger partial charge >= 0.3 is 0 Å². The number of nitrogens with zero attached hydrogens (tertiary/aromatic N) is 2. The zero-order chi connectivity index (χ0) is 21.7. The van der Waals surface area contributed by atoms with Crippen LogP contribution in [0.25, 0.3) is 0 Å². The number of anilines is 1. The minimum absolute atomic E-state index is 0.0392. The molecule has 4 atom stereocenters. The summed E-state index contributed by atoms with van der Waals surface area (Å²) in [4.78, 5) is 29.8. The highest BCUT2D eigenvalue weighted by atomic mass is 16.5. The van der Waals surface area contributed by atoms with Crippen molar-refractivity contribution in [2.45, 2.75) is 63.5 Å².